The molecule has 0 radical (unpaired) electrons. The first-order valence-corrected chi connectivity index (χ1v) is 9.01. The van der Waals surface area contributed by atoms with Gasteiger partial charge in [0.1, 0.15) is 6.54 Å². The lowest BCUT2D eigenvalue weighted by atomic mass is 9.63. The number of imide groups is 1. The van der Waals surface area contributed by atoms with Crippen molar-refractivity contribution in [2.24, 2.45) is 35.5 Å². The van der Waals surface area contributed by atoms with Crippen molar-refractivity contribution >= 4 is 35.0 Å². The second-order valence-electron chi connectivity index (χ2n) is 7.48. The molecule has 2 bridgehead atoms. The highest BCUT2D eigenvalue weighted by Gasteiger charge is 2.67. The number of carbonyl (C=O) groups is 3. The van der Waals surface area contributed by atoms with Gasteiger partial charge in [-0.3, -0.25) is 19.3 Å². The highest BCUT2D eigenvalue weighted by atomic mass is 35.5. The Bertz CT molecular complexity index is 800. The zero-order valence-corrected chi connectivity index (χ0v) is 14.1. The number of benzene rings is 1. The van der Waals surface area contributed by atoms with Gasteiger partial charge in [0.25, 0.3) is 0 Å². The van der Waals surface area contributed by atoms with Crippen molar-refractivity contribution in [1.29, 1.82) is 0 Å². The van der Waals surface area contributed by atoms with E-state index in [1.165, 1.54) is 0 Å². The Kier molecular flexibility index (Phi) is 3.14. The molecule has 3 amide bonds. The summed E-state index contributed by atoms with van der Waals surface area (Å²) >= 11 is 5.91. The number of likely N-dealkylation sites (tertiary alicyclic amines) is 1. The number of carbonyl (C=O) groups excluding carboxylic acids is 3. The van der Waals surface area contributed by atoms with Crippen LogP contribution < -0.4 is 5.32 Å². The van der Waals surface area contributed by atoms with Gasteiger partial charge in [0.2, 0.25) is 17.7 Å². The van der Waals surface area contributed by atoms with Crippen molar-refractivity contribution < 1.29 is 14.4 Å². The number of rotatable bonds is 3. The Hall–Kier alpha value is -2.14. The molecule has 3 fully saturated rings. The second kappa shape index (κ2) is 5.18. The molecule has 6 heteroatoms. The maximum atomic E-state index is 12.8. The molecule has 128 valence electrons. The summed E-state index contributed by atoms with van der Waals surface area (Å²) < 4.78 is 0. The second-order valence-corrected chi connectivity index (χ2v) is 7.91. The van der Waals surface area contributed by atoms with Gasteiger partial charge < -0.3 is 5.32 Å². The van der Waals surface area contributed by atoms with E-state index >= 15 is 0 Å². The third-order valence-electron chi connectivity index (χ3n) is 6.16. The van der Waals surface area contributed by atoms with E-state index in [4.69, 9.17) is 11.6 Å². The minimum absolute atomic E-state index is 0.178. The van der Waals surface area contributed by atoms with Gasteiger partial charge in [-0.2, -0.15) is 0 Å². The van der Waals surface area contributed by atoms with Crippen molar-refractivity contribution in [2.45, 2.75) is 6.42 Å². The monoisotopic (exact) mass is 356 g/mol. The van der Waals surface area contributed by atoms with Crippen LogP contribution in [0, 0.1) is 35.5 Å². The van der Waals surface area contributed by atoms with Crippen molar-refractivity contribution in [3.63, 3.8) is 0 Å². The van der Waals surface area contributed by atoms with Crippen LogP contribution in [0.4, 0.5) is 5.69 Å². The van der Waals surface area contributed by atoms with Crippen LogP contribution in [0.5, 0.6) is 0 Å². The molecule has 25 heavy (non-hydrogen) atoms. The third kappa shape index (κ3) is 2.18. The van der Waals surface area contributed by atoms with E-state index in [1.54, 1.807) is 24.3 Å². The van der Waals surface area contributed by atoms with Gasteiger partial charge in [0, 0.05) is 10.7 Å². The van der Waals surface area contributed by atoms with Gasteiger partial charge in [0.15, 0.2) is 0 Å². The lowest BCUT2D eigenvalue weighted by Gasteiger charge is -2.37. The molecule has 1 aliphatic heterocycles. The Morgan fingerprint density at radius 1 is 1.12 bits per heavy atom. The largest absolute Gasteiger partial charge is 0.324 e. The van der Waals surface area contributed by atoms with E-state index in [1.807, 2.05) is 0 Å². The molecule has 6 atom stereocenters. The fourth-order valence-corrected chi connectivity index (χ4v) is 5.28. The molecular formula is C19H17ClN2O3. The van der Waals surface area contributed by atoms with Gasteiger partial charge >= 0.3 is 0 Å². The fraction of sp³-hybridized carbons (Fsp3) is 0.421. The number of hydrogen-bond donors (Lipinski definition) is 1. The highest BCUT2D eigenvalue weighted by Crippen LogP contribution is 2.65. The Balaban J connectivity index is 1.33. The van der Waals surface area contributed by atoms with Crippen LogP contribution in [0.1, 0.15) is 6.42 Å². The summed E-state index contributed by atoms with van der Waals surface area (Å²) in [5, 5.41) is 3.22. The van der Waals surface area contributed by atoms with Gasteiger partial charge in [-0.05, 0) is 48.3 Å². The molecule has 0 unspecified atom stereocenters. The summed E-state index contributed by atoms with van der Waals surface area (Å²) in [7, 11) is 0. The normalized spacial score (nSPS) is 37.1. The molecule has 4 aliphatic carbocycles. The topological polar surface area (TPSA) is 66.5 Å². The number of nitrogens with one attached hydrogen (secondary N) is 1. The summed E-state index contributed by atoms with van der Waals surface area (Å²) in [6.07, 6.45) is 5.38. The van der Waals surface area contributed by atoms with Crippen LogP contribution in [0.2, 0.25) is 5.02 Å². The molecule has 5 nitrogen and oxygen atoms in total. The van der Waals surface area contributed by atoms with E-state index in [0.29, 0.717) is 22.5 Å². The summed E-state index contributed by atoms with van der Waals surface area (Å²) in [5.74, 6) is 0.224. The summed E-state index contributed by atoms with van der Waals surface area (Å²) in [4.78, 5) is 39.1. The summed E-state index contributed by atoms with van der Waals surface area (Å²) in [5.41, 5.74) is 0.553. The Morgan fingerprint density at radius 3 is 2.36 bits per heavy atom. The van der Waals surface area contributed by atoms with E-state index in [9.17, 15) is 14.4 Å². The van der Waals surface area contributed by atoms with Gasteiger partial charge in [-0.15, -0.1) is 0 Å². The minimum atomic E-state index is -0.381. The molecule has 6 rings (SSSR count). The smallest absolute Gasteiger partial charge is 0.244 e. The Labute approximate surface area is 150 Å². The average molecular weight is 357 g/mol. The summed E-state index contributed by atoms with van der Waals surface area (Å²) in [6, 6.07) is 6.79. The van der Waals surface area contributed by atoms with Crippen LogP contribution in [-0.4, -0.2) is 29.2 Å². The quantitative estimate of drug-likeness (QED) is 0.667. The van der Waals surface area contributed by atoms with Crippen LogP contribution in [0.15, 0.2) is 36.4 Å². The number of halogens is 1. The minimum Gasteiger partial charge on any atom is -0.324 e. The molecule has 2 saturated carbocycles. The number of nitrogens with zero attached hydrogens (tertiary/aromatic N) is 1. The summed E-state index contributed by atoms with van der Waals surface area (Å²) in [6.45, 7) is -0.230. The van der Waals surface area contributed by atoms with Gasteiger partial charge in [0.05, 0.1) is 11.8 Å². The number of hydrogen-bond acceptors (Lipinski definition) is 3. The van der Waals surface area contributed by atoms with Crippen LogP contribution in [0.3, 0.4) is 0 Å². The van der Waals surface area contributed by atoms with Gasteiger partial charge in [-0.1, -0.05) is 29.8 Å². The average Bonchev–Trinajstić information content (AvgIpc) is 3.36. The van der Waals surface area contributed by atoms with Crippen LogP contribution >= 0.6 is 11.6 Å². The predicted molar refractivity (Wildman–Crippen MR) is 91.5 cm³/mol. The molecule has 1 saturated heterocycles. The lowest BCUT2D eigenvalue weighted by molar-refractivity contribution is -0.142. The maximum Gasteiger partial charge on any atom is 0.244 e. The number of allylic oxidation sites excluding steroid dienone is 2. The lowest BCUT2D eigenvalue weighted by Crippen LogP contribution is -2.40. The third-order valence-corrected chi connectivity index (χ3v) is 6.40. The van der Waals surface area contributed by atoms with Crippen LogP contribution in [0.25, 0.3) is 0 Å². The molecular weight excluding hydrogens is 340 g/mol. The molecule has 1 N–H and O–H groups in total. The molecule has 0 aromatic heterocycles. The van der Waals surface area contributed by atoms with Crippen molar-refractivity contribution in [3.05, 3.63) is 41.4 Å². The predicted octanol–water partition coefficient (Wildman–Crippen LogP) is 2.33. The Morgan fingerprint density at radius 2 is 1.76 bits per heavy atom. The first-order valence-electron chi connectivity index (χ1n) is 8.63. The van der Waals surface area contributed by atoms with E-state index < -0.39 is 0 Å². The van der Waals surface area contributed by atoms with Crippen molar-refractivity contribution in [2.75, 3.05) is 11.9 Å². The first kappa shape index (κ1) is 15.1. The zero-order chi connectivity index (χ0) is 17.3. The number of anilines is 1. The molecule has 5 aliphatic rings. The van der Waals surface area contributed by atoms with Crippen molar-refractivity contribution in [3.8, 4) is 0 Å². The van der Waals surface area contributed by atoms with Crippen LogP contribution in [-0.2, 0) is 14.4 Å². The van der Waals surface area contributed by atoms with Crippen molar-refractivity contribution in [1.82, 2.24) is 4.90 Å². The first-order chi connectivity index (χ1) is 12.0. The highest BCUT2D eigenvalue weighted by molar-refractivity contribution is 6.30. The van der Waals surface area contributed by atoms with E-state index in [-0.39, 0.29) is 47.9 Å². The SMILES string of the molecule is O=C(CN1C(=O)[C@@H]2[C@H]3C=C[C@@H]([C@@H]4C[C@H]34)[C@H]2C1=O)Nc1cccc(Cl)c1. The molecule has 1 aromatic carbocycles. The fourth-order valence-electron chi connectivity index (χ4n) is 5.08. The zero-order valence-electron chi connectivity index (χ0n) is 13.4. The maximum absolute atomic E-state index is 12.8. The van der Waals surface area contributed by atoms with E-state index in [2.05, 4.69) is 17.5 Å². The van der Waals surface area contributed by atoms with Gasteiger partial charge in [-0.25, -0.2) is 0 Å². The van der Waals surface area contributed by atoms with E-state index in [0.717, 1.165) is 11.3 Å². The molecule has 1 heterocycles. The molecule has 1 aromatic rings. The standard InChI is InChI=1S/C19H17ClN2O3/c20-9-2-1-3-10(6-9)21-15(23)8-22-18(24)16-11-4-5-12(14-7-13(11)14)17(16)19(22)25/h1-6,11-14,16-17H,7-8H2,(H,21,23)/t11-,12-,13-,14+,16+,17+/m0/s1. The number of amides is 3. The molecule has 0 spiro atoms.